The lowest BCUT2D eigenvalue weighted by Gasteiger charge is -2.15. The molecule has 0 saturated carbocycles. The Hall–Kier alpha value is -3.11. The number of likely N-dealkylation sites (N-methyl/N-ethyl adjacent to an activating group) is 1. The van der Waals surface area contributed by atoms with Gasteiger partial charge in [-0.05, 0) is 36.2 Å². The highest BCUT2D eigenvalue weighted by molar-refractivity contribution is 7.89. The second-order valence-corrected chi connectivity index (χ2v) is 8.50. The van der Waals surface area contributed by atoms with Crippen molar-refractivity contribution < 1.29 is 17.9 Å². The van der Waals surface area contributed by atoms with Gasteiger partial charge in [-0.25, -0.2) is 18.5 Å². The van der Waals surface area contributed by atoms with Crippen LogP contribution in [0.5, 0.6) is 5.75 Å². The second-order valence-electron chi connectivity index (χ2n) is 6.94. The number of ether oxygens (including phenoxy) is 1. The van der Waals surface area contributed by atoms with E-state index >= 15 is 0 Å². The SMILES string of the molecule is CN(C)C(=O)CNC(=NCc1ccc(S(N)(=O)=O)cc1)NCCCOc1ccccc1. The Morgan fingerprint density at radius 3 is 2.35 bits per heavy atom. The van der Waals surface area contributed by atoms with E-state index in [0.29, 0.717) is 25.7 Å². The number of guanidine groups is 1. The van der Waals surface area contributed by atoms with Gasteiger partial charge in [-0.1, -0.05) is 30.3 Å². The molecule has 9 nitrogen and oxygen atoms in total. The summed E-state index contributed by atoms with van der Waals surface area (Å²) in [5.74, 6) is 1.21. The molecule has 0 saturated heterocycles. The van der Waals surface area contributed by atoms with E-state index < -0.39 is 10.0 Å². The van der Waals surface area contributed by atoms with Crippen LogP contribution in [-0.4, -0.2) is 59.0 Å². The van der Waals surface area contributed by atoms with Crippen LogP contribution in [0.3, 0.4) is 0 Å². The summed E-state index contributed by atoms with van der Waals surface area (Å²) in [6.45, 7) is 1.54. The van der Waals surface area contributed by atoms with Gasteiger partial charge in [0.1, 0.15) is 5.75 Å². The maximum absolute atomic E-state index is 11.9. The topological polar surface area (TPSA) is 126 Å². The number of hydrogen-bond acceptors (Lipinski definition) is 5. The molecule has 31 heavy (non-hydrogen) atoms. The third-order valence-electron chi connectivity index (χ3n) is 4.20. The lowest BCUT2D eigenvalue weighted by molar-refractivity contribution is -0.127. The molecule has 0 aliphatic rings. The van der Waals surface area contributed by atoms with Crippen LogP contribution in [0.4, 0.5) is 0 Å². The van der Waals surface area contributed by atoms with E-state index in [2.05, 4.69) is 15.6 Å². The summed E-state index contributed by atoms with van der Waals surface area (Å²) in [5.41, 5.74) is 0.805. The highest BCUT2D eigenvalue weighted by atomic mass is 32.2. The van der Waals surface area contributed by atoms with Gasteiger partial charge in [0.15, 0.2) is 5.96 Å². The number of rotatable bonds is 10. The molecular weight excluding hydrogens is 418 g/mol. The largest absolute Gasteiger partial charge is 0.494 e. The van der Waals surface area contributed by atoms with Crippen LogP contribution in [0.1, 0.15) is 12.0 Å². The highest BCUT2D eigenvalue weighted by Gasteiger charge is 2.08. The van der Waals surface area contributed by atoms with Gasteiger partial charge in [0.25, 0.3) is 0 Å². The smallest absolute Gasteiger partial charge is 0.241 e. The molecule has 1 amide bonds. The molecule has 0 bridgehead atoms. The van der Waals surface area contributed by atoms with Crippen LogP contribution in [0.15, 0.2) is 64.5 Å². The number of nitrogens with zero attached hydrogens (tertiary/aromatic N) is 2. The normalized spacial score (nSPS) is 11.6. The first kappa shape index (κ1) is 24.2. The number of carbonyl (C=O) groups is 1. The molecule has 0 aliphatic carbocycles. The third kappa shape index (κ3) is 9.06. The van der Waals surface area contributed by atoms with Gasteiger partial charge >= 0.3 is 0 Å². The monoisotopic (exact) mass is 447 g/mol. The number of aliphatic imine (C=N–C) groups is 1. The number of nitrogens with one attached hydrogen (secondary N) is 2. The van der Waals surface area contributed by atoms with Crippen molar-refractivity contribution in [1.82, 2.24) is 15.5 Å². The molecular formula is C21H29N5O4S. The molecule has 2 aromatic rings. The zero-order chi connectivity index (χ0) is 22.7. The average molecular weight is 448 g/mol. The number of para-hydroxylation sites is 1. The van der Waals surface area contributed by atoms with Gasteiger partial charge in [-0.15, -0.1) is 0 Å². The van der Waals surface area contributed by atoms with Crippen molar-refractivity contribution in [3.63, 3.8) is 0 Å². The van der Waals surface area contributed by atoms with E-state index in [1.165, 1.54) is 17.0 Å². The summed E-state index contributed by atoms with van der Waals surface area (Å²) in [6, 6.07) is 15.7. The van der Waals surface area contributed by atoms with Crippen LogP contribution in [0, 0.1) is 0 Å². The fourth-order valence-electron chi connectivity index (χ4n) is 2.43. The van der Waals surface area contributed by atoms with Crippen molar-refractivity contribution in [2.24, 2.45) is 10.1 Å². The number of sulfonamides is 1. The summed E-state index contributed by atoms with van der Waals surface area (Å²) < 4.78 is 28.4. The number of nitrogens with two attached hydrogens (primary N) is 1. The van der Waals surface area contributed by atoms with E-state index in [-0.39, 0.29) is 17.3 Å². The Labute approximate surface area is 183 Å². The molecule has 0 fully saturated rings. The van der Waals surface area contributed by atoms with E-state index in [0.717, 1.165) is 17.7 Å². The molecule has 4 N–H and O–H groups in total. The van der Waals surface area contributed by atoms with E-state index in [4.69, 9.17) is 9.88 Å². The first-order valence-electron chi connectivity index (χ1n) is 9.77. The Morgan fingerprint density at radius 1 is 1.06 bits per heavy atom. The van der Waals surface area contributed by atoms with Crippen LogP contribution in [0.25, 0.3) is 0 Å². The molecule has 0 unspecified atom stereocenters. The van der Waals surface area contributed by atoms with Crippen molar-refractivity contribution in [2.45, 2.75) is 17.9 Å². The van der Waals surface area contributed by atoms with Crippen molar-refractivity contribution in [3.05, 3.63) is 60.2 Å². The number of primary sulfonamides is 1. The van der Waals surface area contributed by atoms with Gasteiger partial charge in [-0.3, -0.25) is 4.79 Å². The number of benzene rings is 2. The first-order chi connectivity index (χ1) is 14.8. The highest BCUT2D eigenvalue weighted by Crippen LogP contribution is 2.10. The number of hydrogen-bond donors (Lipinski definition) is 3. The van der Waals surface area contributed by atoms with Crippen molar-refractivity contribution in [2.75, 3.05) is 33.8 Å². The molecule has 2 rings (SSSR count). The lowest BCUT2D eigenvalue weighted by atomic mass is 10.2. The molecule has 0 atom stereocenters. The maximum atomic E-state index is 11.9. The van der Waals surface area contributed by atoms with Crippen LogP contribution >= 0.6 is 0 Å². The Kier molecular flexibility index (Phi) is 9.29. The summed E-state index contributed by atoms with van der Waals surface area (Å²) in [6.07, 6.45) is 0.736. The summed E-state index contributed by atoms with van der Waals surface area (Å²) in [5, 5.41) is 11.3. The van der Waals surface area contributed by atoms with E-state index in [1.807, 2.05) is 30.3 Å². The Bertz CT molecular complexity index is 961. The quantitative estimate of drug-likeness (QED) is 0.283. The van der Waals surface area contributed by atoms with Gasteiger partial charge in [-0.2, -0.15) is 0 Å². The van der Waals surface area contributed by atoms with Gasteiger partial charge in [0.05, 0.1) is 24.6 Å². The predicted molar refractivity (Wildman–Crippen MR) is 120 cm³/mol. The Morgan fingerprint density at radius 2 is 1.74 bits per heavy atom. The van der Waals surface area contributed by atoms with Gasteiger partial charge < -0.3 is 20.3 Å². The third-order valence-corrected chi connectivity index (χ3v) is 5.13. The average Bonchev–Trinajstić information content (AvgIpc) is 2.75. The minimum Gasteiger partial charge on any atom is -0.494 e. The van der Waals surface area contributed by atoms with Crippen molar-refractivity contribution >= 4 is 21.9 Å². The fraction of sp³-hybridized carbons (Fsp3) is 0.333. The summed E-state index contributed by atoms with van der Waals surface area (Å²) in [4.78, 5) is 17.9. The van der Waals surface area contributed by atoms with Crippen LogP contribution in [-0.2, 0) is 21.4 Å². The zero-order valence-corrected chi connectivity index (χ0v) is 18.6. The molecule has 0 aromatic heterocycles. The van der Waals surface area contributed by atoms with Gasteiger partial charge in [0.2, 0.25) is 15.9 Å². The minimum absolute atomic E-state index is 0.0479. The van der Waals surface area contributed by atoms with E-state index in [9.17, 15) is 13.2 Å². The predicted octanol–water partition coefficient (Wildman–Crippen LogP) is 0.927. The fourth-order valence-corrected chi connectivity index (χ4v) is 2.95. The number of carbonyl (C=O) groups excluding carboxylic acids is 1. The maximum Gasteiger partial charge on any atom is 0.241 e. The molecule has 0 spiro atoms. The molecule has 168 valence electrons. The second kappa shape index (κ2) is 11.9. The van der Waals surface area contributed by atoms with Crippen LogP contribution < -0.4 is 20.5 Å². The van der Waals surface area contributed by atoms with Crippen molar-refractivity contribution in [1.29, 1.82) is 0 Å². The lowest BCUT2D eigenvalue weighted by Crippen LogP contribution is -2.43. The zero-order valence-electron chi connectivity index (χ0n) is 17.7. The van der Waals surface area contributed by atoms with Crippen LogP contribution in [0.2, 0.25) is 0 Å². The molecule has 0 aliphatic heterocycles. The standard InChI is InChI=1S/C21H29N5O4S/c1-26(2)20(27)16-25-21(23-13-6-14-30-18-7-4-3-5-8-18)24-15-17-9-11-19(12-10-17)31(22,28)29/h3-5,7-12H,6,13-16H2,1-2H3,(H2,22,28,29)(H2,23,24,25). The molecule has 10 heteroatoms. The number of amides is 1. The Balaban J connectivity index is 1.90. The molecule has 0 radical (unpaired) electrons. The summed E-state index contributed by atoms with van der Waals surface area (Å²) >= 11 is 0. The van der Waals surface area contributed by atoms with Gasteiger partial charge in [0, 0.05) is 20.6 Å². The minimum atomic E-state index is -3.73. The molecule has 2 aromatic carbocycles. The molecule has 0 heterocycles. The van der Waals surface area contributed by atoms with E-state index in [1.54, 1.807) is 26.2 Å². The summed E-state index contributed by atoms with van der Waals surface area (Å²) in [7, 11) is -0.364. The first-order valence-corrected chi connectivity index (χ1v) is 11.3. The van der Waals surface area contributed by atoms with Crippen molar-refractivity contribution in [3.8, 4) is 5.75 Å².